The van der Waals surface area contributed by atoms with Crippen LogP contribution in [0, 0.1) is 11.8 Å². The number of carbonyl (C=O) groups is 3. The number of hydrogen-bond donors (Lipinski definition) is 1. The van der Waals surface area contributed by atoms with Crippen LogP contribution in [0.5, 0.6) is 0 Å². The molecule has 1 fully saturated rings. The molecule has 4 aromatic rings. The third kappa shape index (κ3) is 5.83. The van der Waals surface area contributed by atoms with Crippen LogP contribution in [0.3, 0.4) is 0 Å². The van der Waals surface area contributed by atoms with Gasteiger partial charge in [0.25, 0.3) is 5.91 Å². The summed E-state index contributed by atoms with van der Waals surface area (Å²) in [5.74, 6) is 4.53. The molecular weight excluding hydrogens is 569 g/mol. The molecular formula is C27H21BrFN7O3. The molecule has 0 saturated carbocycles. The molecule has 12 heteroatoms. The van der Waals surface area contributed by atoms with Crippen LogP contribution in [0.2, 0.25) is 0 Å². The summed E-state index contributed by atoms with van der Waals surface area (Å²) in [6, 6.07) is 11.0. The SMILES string of the molecule is NC(=O)c1nn(CC(=O)N2C[C@H](F)C[C@H]2C(=O)Cc2cccc(Br)n2)c2ccc(C#Cc3ncccn3)cc12. The first-order chi connectivity index (χ1) is 18.8. The molecule has 4 heterocycles. The van der Waals surface area contributed by atoms with Crippen LogP contribution >= 0.6 is 15.9 Å². The number of pyridine rings is 1. The lowest BCUT2D eigenvalue weighted by atomic mass is 10.0. The minimum absolute atomic E-state index is 0.0319. The first-order valence-corrected chi connectivity index (χ1v) is 12.7. The number of primary amides is 1. The predicted octanol–water partition coefficient (Wildman–Crippen LogP) is 2.23. The lowest BCUT2D eigenvalue weighted by Gasteiger charge is -2.23. The predicted molar refractivity (Wildman–Crippen MR) is 142 cm³/mol. The molecule has 0 radical (unpaired) electrons. The number of likely N-dealkylation sites (tertiary alicyclic amines) is 1. The van der Waals surface area contributed by atoms with Crippen LogP contribution in [-0.4, -0.2) is 66.0 Å². The van der Waals surface area contributed by atoms with E-state index in [9.17, 15) is 18.8 Å². The Morgan fingerprint density at radius 3 is 2.64 bits per heavy atom. The van der Waals surface area contributed by atoms with Gasteiger partial charge >= 0.3 is 0 Å². The number of rotatable bonds is 6. The normalized spacial score (nSPS) is 16.6. The van der Waals surface area contributed by atoms with E-state index in [4.69, 9.17) is 5.73 Å². The van der Waals surface area contributed by atoms with Crippen LogP contribution in [0.1, 0.15) is 34.0 Å². The van der Waals surface area contributed by atoms with E-state index in [0.717, 1.165) is 0 Å². The van der Waals surface area contributed by atoms with E-state index in [-0.39, 0.29) is 37.4 Å². The summed E-state index contributed by atoms with van der Waals surface area (Å²) in [7, 11) is 0. The zero-order chi connectivity index (χ0) is 27.5. The summed E-state index contributed by atoms with van der Waals surface area (Å²) >= 11 is 3.27. The monoisotopic (exact) mass is 589 g/mol. The van der Waals surface area contributed by atoms with Gasteiger partial charge in [-0.05, 0) is 58.2 Å². The Bertz CT molecular complexity index is 1650. The number of halogens is 2. The summed E-state index contributed by atoms with van der Waals surface area (Å²) in [6.07, 6.45) is 1.71. The molecule has 1 aliphatic rings. The average Bonchev–Trinajstić information content (AvgIpc) is 3.49. The van der Waals surface area contributed by atoms with Crippen molar-refractivity contribution in [2.45, 2.75) is 31.6 Å². The zero-order valence-corrected chi connectivity index (χ0v) is 22.0. The van der Waals surface area contributed by atoms with Crippen molar-refractivity contribution < 1.29 is 18.8 Å². The van der Waals surface area contributed by atoms with Crippen LogP contribution in [0.4, 0.5) is 4.39 Å². The number of benzene rings is 1. The molecule has 2 amide bonds. The number of ketones is 1. The molecule has 5 rings (SSSR count). The highest BCUT2D eigenvalue weighted by Gasteiger charge is 2.39. The number of Topliss-reactive ketones (excluding diaryl/α,β-unsaturated/α-hetero) is 1. The van der Waals surface area contributed by atoms with Crippen molar-refractivity contribution in [3.63, 3.8) is 0 Å². The molecule has 0 spiro atoms. The Kier molecular flexibility index (Phi) is 7.42. The number of amides is 2. The minimum Gasteiger partial charge on any atom is -0.364 e. The smallest absolute Gasteiger partial charge is 0.269 e. The van der Waals surface area contributed by atoms with Crippen molar-refractivity contribution in [1.29, 1.82) is 0 Å². The van der Waals surface area contributed by atoms with E-state index < -0.39 is 24.0 Å². The average molecular weight is 590 g/mol. The van der Waals surface area contributed by atoms with E-state index >= 15 is 0 Å². The lowest BCUT2D eigenvalue weighted by Crippen LogP contribution is -2.43. The second-order valence-corrected chi connectivity index (χ2v) is 9.73. The molecule has 0 unspecified atom stereocenters. The van der Waals surface area contributed by atoms with E-state index in [1.165, 1.54) is 9.58 Å². The van der Waals surface area contributed by atoms with Gasteiger partial charge < -0.3 is 10.6 Å². The number of alkyl halides is 1. The van der Waals surface area contributed by atoms with Gasteiger partial charge in [-0.3, -0.25) is 19.1 Å². The summed E-state index contributed by atoms with van der Waals surface area (Å²) in [6.45, 7) is -0.511. The second kappa shape index (κ2) is 11.1. The maximum atomic E-state index is 14.4. The Balaban J connectivity index is 1.39. The highest BCUT2D eigenvalue weighted by atomic mass is 79.9. The Hall–Kier alpha value is -4.50. The molecule has 1 saturated heterocycles. The van der Waals surface area contributed by atoms with E-state index in [1.54, 1.807) is 54.9 Å². The van der Waals surface area contributed by atoms with Crippen LogP contribution in [0.15, 0.2) is 59.5 Å². The molecule has 196 valence electrons. The summed E-state index contributed by atoms with van der Waals surface area (Å²) in [5, 5.41) is 4.67. The highest BCUT2D eigenvalue weighted by Crippen LogP contribution is 2.25. The van der Waals surface area contributed by atoms with Gasteiger partial charge in [-0.1, -0.05) is 12.0 Å². The van der Waals surface area contributed by atoms with Gasteiger partial charge in [0.1, 0.15) is 17.3 Å². The van der Waals surface area contributed by atoms with E-state index in [0.29, 0.717) is 32.6 Å². The summed E-state index contributed by atoms with van der Waals surface area (Å²) in [4.78, 5) is 52.1. The van der Waals surface area contributed by atoms with Crippen molar-refractivity contribution in [2.75, 3.05) is 6.54 Å². The Morgan fingerprint density at radius 2 is 1.90 bits per heavy atom. The van der Waals surface area contributed by atoms with Crippen molar-refractivity contribution in [1.82, 2.24) is 29.6 Å². The molecule has 10 nitrogen and oxygen atoms in total. The lowest BCUT2D eigenvalue weighted by molar-refractivity contribution is -0.138. The number of carbonyl (C=O) groups excluding carboxylic acids is 3. The van der Waals surface area contributed by atoms with Crippen molar-refractivity contribution in [3.8, 4) is 11.8 Å². The molecule has 0 aliphatic carbocycles. The number of hydrogen-bond acceptors (Lipinski definition) is 7. The fourth-order valence-corrected chi connectivity index (χ4v) is 4.86. The minimum atomic E-state index is -1.33. The first kappa shape index (κ1) is 26.1. The van der Waals surface area contributed by atoms with Gasteiger partial charge in [-0.2, -0.15) is 5.10 Å². The van der Waals surface area contributed by atoms with Gasteiger partial charge in [0, 0.05) is 35.5 Å². The van der Waals surface area contributed by atoms with E-state index in [1.807, 2.05) is 0 Å². The Labute approximate surface area is 230 Å². The van der Waals surface area contributed by atoms with Gasteiger partial charge in [0.05, 0.1) is 24.5 Å². The Morgan fingerprint density at radius 1 is 1.10 bits per heavy atom. The number of aromatic nitrogens is 5. The molecule has 39 heavy (non-hydrogen) atoms. The third-order valence-electron chi connectivity index (χ3n) is 6.22. The zero-order valence-electron chi connectivity index (χ0n) is 20.4. The summed E-state index contributed by atoms with van der Waals surface area (Å²) in [5.41, 5.74) is 7.08. The van der Waals surface area contributed by atoms with Crippen LogP contribution < -0.4 is 5.73 Å². The number of nitrogens with zero attached hydrogens (tertiary/aromatic N) is 6. The number of nitrogens with two attached hydrogens (primary N) is 1. The fourth-order valence-electron chi connectivity index (χ4n) is 4.48. The van der Waals surface area contributed by atoms with Gasteiger partial charge in [0.15, 0.2) is 11.5 Å². The third-order valence-corrected chi connectivity index (χ3v) is 6.67. The highest BCUT2D eigenvalue weighted by molar-refractivity contribution is 9.10. The van der Waals surface area contributed by atoms with Gasteiger partial charge in [-0.25, -0.2) is 19.3 Å². The fraction of sp³-hybridized carbons (Fsp3) is 0.222. The molecule has 2 N–H and O–H groups in total. The quantitative estimate of drug-likeness (QED) is 0.269. The second-order valence-electron chi connectivity index (χ2n) is 8.91. The molecule has 1 aliphatic heterocycles. The number of fused-ring (bicyclic) bond motifs is 1. The van der Waals surface area contributed by atoms with Crippen LogP contribution in [-0.2, 0) is 22.6 Å². The standard InChI is InChI=1S/C27H21BrFN7O3/c28-23-4-1-3-18(33-23)13-22(37)21-12-17(29)14-35(21)25(38)15-36-20-7-5-16(6-8-24-31-9-2-10-32-24)11-19(20)26(34-36)27(30)39/h1-5,7,9-11,17,21H,12-15H2,(H2,30,39)/t17-,21+/m1/s1. The molecule has 1 aromatic carbocycles. The van der Waals surface area contributed by atoms with Crippen molar-refractivity contribution in [2.24, 2.45) is 5.73 Å². The molecule has 3 aromatic heterocycles. The largest absolute Gasteiger partial charge is 0.364 e. The topological polar surface area (TPSA) is 137 Å². The van der Waals surface area contributed by atoms with Crippen LogP contribution in [0.25, 0.3) is 10.9 Å². The van der Waals surface area contributed by atoms with Gasteiger partial charge in [-0.15, -0.1) is 0 Å². The van der Waals surface area contributed by atoms with Gasteiger partial charge in [0.2, 0.25) is 11.7 Å². The molecule has 0 bridgehead atoms. The van der Waals surface area contributed by atoms with E-state index in [2.05, 4.69) is 47.8 Å². The van der Waals surface area contributed by atoms with Crippen molar-refractivity contribution >= 4 is 44.4 Å². The maximum absolute atomic E-state index is 14.4. The molecule has 2 atom stereocenters. The summed E-state index contributed by atoms with van der Waals surface area (Å²) < 4.78 is 16.3. The first-order valence-electron chi connectivity index (χ1n) is 12.0. The van der Waals surface area contributed by atoms with Crippen molar-refractivity contribution in [3.05, 3.63) is 82.2 Å². The maximum Gasteiger partial charge on any atom is 0.269 e.